The second kappa shape index (κ2) is 6.55. The summed E-state index contributed by atoms with van der Waals surface area (Å²) in [5.74, 6) is 0.892. The fourth-order valence-corrected chi connectivity index (χ4v) is 3.99. The van der Waals surface area contributed by atoms with E-state index in [0.29, 0.717) is 6.04 Å². The first-order valence-corrected chi connectivity index (χ1v) is 8.57. The topological polar surface area (TPSA) is 12.0 Å². The molecule has 1 saturated carbocycles. The van der Waals surface area contributed by atoms with Crippen molar-refractivity contribution in [1.82, 2.24) is 5.32 Å². The van der Waals surface area contributed by atoms with E-state index in [-0.39, 0.29) is 0 Å². The van der Waals surface area contributed by atoms with Crippen molar-refractivity contribution in [1.29, 1.82) is 0 Å². The number of hydrogen-bond donors (Lipinski definition) is 1. The lowest BCUT2D eigenvalue weighted by Gasteiger charge is -2.19. The van der Waals surface area contributed by atoms with Gasteiger partial charge in [0, 0.05) is 17.5 Å². The number of nitrogens with one attached hydrogen (secondary N) is 1. The number of hydrogen-bond acceptors (Lipinski definition) is 2. The van der Waals surface area contributed by atoms with Gasteiger partial charge >= 0.3 is 0 Å². The molecule has 2 aromatic rings. The summed E-state index contributed by atoms with van der Waals surface area (Å²) in [6.45, 7) is 3.36. The van der Waals surface area contributed by atoms with Gasteiger partial charge in [-0.2, -0.15) is 0 Å². The maximum absolute atomic E-state index is 3.72. The molecule has 3 rings (SSSR count). The van der Waals surface area contributed by atoms with Gasteiger partial charge in [-0.25, -0.2) is 0 Å². The molecule has 1 fully saturated rings. The van der Waals surface area contributed by atoms with E-state index < -0.39 is 0 Å². The van der Waals surface area contributed by atoms with Crippen LogP contribution in [0.5, 0.6) is 0 Å². The summed E-state index contributed by atoms with van der Waals surface area (Å²) in [5, 5.41) is 5.99. The maximum atomic E-state index is 3.72. The molecule has 1 aromatic heterocycles. The van der Waals surface area contributed by atoms with Crippen LogP contribution >= 0.6 is 11.3 Å². The zero-order chi connectivity index (χ0) is 13.8. The van der Waals surface area contributed by atoms with Crippen LogP contribution in [0.15, 0.2) is 41.8 Å². The van der Waals surface area contributed by atoms with Crippen molar-refractivity contribution < 1.29 is 0 Å². The molecular formula is C18H23NS. The van der Waals surface area contributed by atoms with Gasteiger partial charge in [-0.15, -0.1) is 11.3 Å². The molecule has 1 heterocycles. The highest BCUT2D eigenvalue weighted by Crippen LogP contribution is 2.28. The first kappa shape index (κ1) is 13.8. The smallest absolute Gasteiger partial charge is 0.0302 e. The monoisotopic (exact) mass is 285 g/mol. The highest BCUT2D eigenvalue weighted by Gasteiger charge is 2.20. The van der Waals surface area contributed by atoms with Crippen LogP contribution in [0.4, 0.5) is 0 Å². The lowest BCUT2D eigenvalue weighted by Crippen LogP contribution is -2.31. The van der Waals surface area contributed by atoms with Gasteiger partial charge in [0.1, 0.15) is 0 Å². The molecule has 20 heavy (non-hydrogen) atoms. The lowest BCUT2D eigenvalue weighted by molar-refractivity contribution is 0.381. The van der Waals surface area contributed by atoms with Crippen molar-refractivity contribution in [3.8, 4) is 11.1 Å². The van der Waals surface area contributed by atoms with Gasteiger partial charge < -0.3 is 5.32 Å². The molecule has 1 N–H and O–H groups in total. The van der Waals surface area contributed by atoms with E-state index in [1.807, 2.05) is 11.3 Å². The van der Waals surface area contributed by atoms with E-state index in [0.717, 1.165) is 12.5 Å². The van der Waals surface area contributed by atoms with E-state index in [1.54, 1.807) is 0 Å². The highest BCUT2D eigenvalue weighted by molar-refractivity contribution is 7.10. The molecule has 1 aliphatic rings. The highest BCUT2D eigenvalue weighted by atomic mass is 32.1. The molecule has 106 valence electrons. The fourth-order valence-electron chi connectivity index (χ4n) is 3.14. The van der Waals surface area contributed by atoms with E-state index in [2.05, 4.69) is 54.0 Å². The molecule has 0 unspecified atom stereocenters. The van der Waals surface area contributed by atoms with E-state index >= 15 is 0 Å². The Balaban J connectivity index is 1.57. The van der Waals surface area contributed by atoms with Crippen molar-refractivity contribution in [3.05, 3.63) is 46.7 Å². The van der Waals surface area contributed by atoms with Crippen LogP contribution in [0.3, 0.4) is 0 Å². The van der Waals surface area contributed by atoms with Crippen LogP contribution in [-0.4, -0.2) is 6.04 Å². The predicted molar refractivity (Wildman–Crippen MR) is 88.0 cm³/mol. The summed E-state index contributed by atoms with van der Waals surface area (Å²) >= 11 is 1.87. The maximum Gasteiger partial charge on any atom is 0.0302 e. The molecule has 1 atom stereocenters. The van der Waals surface area contributed by atoms with Gasteiger partial charge in [-0.05, 0) is 48.3 Å². The number of benzene rings is 1. The summed E-state index contributed by atoms with van der Waals surface area (Å²) in [5.41, 5.74) is 2.67. The van der Waals surface area contributed by atoms with E-state index in [1.165, 1.54) is 41.7 Å². The standard InChI is InChI=1S/C18H23NS/c1-14(15-7-5-6-8-15)19-12-18-11-17(13-20-18)16-9-3-2-4-10-16/h2-4,9-11,13-15,19H,5-8,12H2,1H3/t14-/m0/s1. The normalized spacial score (nSPS) is 17.4. The van der Waals surface area contributed by atoms with Crippen LogP contribution in [0.1, 0.15) is 37.5 Å². The Morgan fingerprint density at radius 3 is 2.65 bits per heavy atom. The quantitative estimate of drug-likeness (QED) is 0.807. The minimum Gasteiger partial charge on any atom is -0.309 e. The van der Waals surface area contributed by atoms with Gasteiger partial charge in [-0.3, -0.25) is 0 Å². The van der Waals surface area contributed by atoms with Crippen LogP contribution in [0.25, 0.3) is 11.1 Å². The molecule has 1 aromatic carbocycles. The molecule has 0 amide bonds. The minimum absolute atomic E-state index is 0.653. The Labute approximate surface area is 126 Å². The van der Waals surface area contributed by atoms with Gasteiger partial charge in [0.15, 0.2) is 0 Å². The second-order valence-electron chi connectivity index (χ2n) is 5.88. The van der Waals surface area contributed by atoms with Crippen LogP contribution in [-0.2, 0) is 6.54 Å². The summed E-state index contributed by atoms with van der Waals surface area (Å²) in [4.78, 5) is 1.44. The van der Waals surface area contributed by atoms with Crippen molar-refractivity contribution in [2.24, 2.45) is 5.92 Å². The van der Waals surface area contributed by atoms with Crippen molar-refractivity contribution >= 4 is 11.3 Å². The third-order valence-corrected chi connectivity index (χ3v) is 5.40. The van der Waals surface area contributed by atoms with Crippen molar-refractivity contribution in [2.45, 2.75) is 45.2 Å². The summed E-state index contributed by atoms with van der Waals surface area (Å²) in [6, 6.07) is 13.6. The molecule has 2 heteroatoms. The minimum atomic E-state index is 0.653. The van der Waals surface area contributed by atoms with E-state index in [9.17, 15) is 0 Å². The average Bonchev–Trinajstić information content (AvgIpc) is 3.17. The number of thiophene rings is 1. The zero-order valence-electron chi connectivity index (χ0n) is 12.1. The number of rotatable bonds is 5. The third kappa shape index (κ3) is 3.31. The Morgan fingerprint density at radius 2 is 1.90 bits per heavy atom. The SMILES string of the molecule is C[C@H](NCc1cc(-c2ccccc2)cs1)C1CCCC1. The van der Waals surface area contributed by atoms with Crippen LogP contribution in [0, 0.1) is 5.92 Å². The van der Waals surface area contributed by atoms with Gasteiger partial charge in [0.05, 0.1) is 0 Å². The Bertz CT molecular complexity index is 525. The van der Waals surface area contributed by atoms with Gasteiger partial charge in [-0.1, -0.05) is 43.2 Å². The zero-order valence-corrected chi connectivity index (χ0v) is 13.0. The lowest BCUT2D eigenvalue weighted by atomic mass is 10.00. The Kier molecular flexibility index (Phi) is 4.54. The fraction of sp³-hybridized carbons (Fsp3) is 0.444. The van der Waals surface area contributed by atoms with Crippen LogP contribution in [0.2, 0.25) is 0 Å². The van der Waals surface area contributed by atoms with Crippen LogP contribution < -0.4 is 5.32 Å². The molecule has 1 aliphatic carbocycles. The third-order valence-electron chi connectivity index (χ3n) is 4.47. The van der Waals surface area contributed by atoms with Crippen molar-refractivity contribution in [3.63, 3.8) is 0 Å². The van der Waals surface area contributed by atoms with Gasteiger partial charge in [0.2, 0.25) is 0 Å². The first-order chi connectivity index (χ1) is 9.83. The molecule has 0 bridgehead atoms. The molecule has 0 spiro atoms. The second-order valence-corrected chi connectivity index (χ2v) is 6.88. The Morgan fingerprint density at radius 1 is 1.15 bits per heavy atom. The van der Waals surface area contributed by atoms with Crippen molar-refractivity contribution in [2.75, 3.05) is 0 Å². The molecule has 0 saturated heterocycles. The largest absolute Gasteiger partial charge is 0.309 e. The molecule has 0 aliphatic heterocycles. The van der Waals surface area contributed by atoms with E-state index in [4.69, 9.17) is 0 Å². The summed E-state index contributed by atoms with van der Waals surface area (Å²) < 4.78 is 0. The molecular weight excluding hydrogens is 262 g/mol. The first-order valence-electron chi connectivity index (χ1n) is 7.69. The molecule has 1 nitrogen and oxygen atoms in total. The Hall–Kier alpha value is -1.12. The average molecular weight is 285 g/mol. The van der Waals surface area contributed by atoms with Gasteiger partial charge in [0.25, 0.3) is 0 Å². The summed E-state index contributed by atoms with van der Waals surface area (Å²) in [6.07, 6.45) is 5.67. The summed E-state index contributed by atoms with van der Waals surface area (Å²) in [7, 11) is 0. The predicted octanol–water partition coefficient (Wildman–Crippen LogP) is 5.08. The molecule has 0 radical (unpaired) electrons.